The Morgan fingerprint density at radius 1 is 1.29 bits per heavy atom. The van der Waals surface area contributed by atoms with Crippen LogP contribution in [0.5, 0.6) is 11.5 Å². The van der Waals surface area contributed by atoms with E-state index in [1.807, 2.05) is 24.3 Å². The number of nitrogens with one attached hydrogen (secondary N) is 2. The largest absolute Gasteiger partial charge is 0.486 e. The molecule has 1 aromatic carbocycles. The summed E-state index contributed by atoms with van der Waals surface area (Å²) in [6.07, 6.45) is -0.0411. The van der Waals surface area contributed by atoms with Crippen molar-refractivity contribution >= 4 is 29.9 Å². The summed E-state index contributed by atoms with van der Waals surface area (Å²) in [5.41, 5.74) is 0. The highest BCUT2D eigenvalue weighted by Crippen LogP contribution is 2.30. The molecule has 2 rings (SSSR count). The van der Waals surface area contributed by atoms with Crippen LogP contribution in [0.25, 0.3) is 0 Å². The molecule has 1 heterocycles. The second-order valence-corrected chi connectivity index (χ2v) is 5.85. The summed E-state index contributed by atoms with van der Waals surface area (Å²) in [5, 5.41) is 6.47. The molecular weight excluding hydrogens is 421 g/mol. The van der Waals surface area contributed by atoms with Gasteiger partial charge in [0.05, 0.1) is 13.2 Å². The highest BCUT2D eigenvalue weighted by molar-refractivity contribution is 14.0. The molecule has 0 spiro atoms. The minimum absolute atomic E-state index is 0. The third-order valence-electron chi connectivity index (χ3n) is 3.28. The quantitative estimate of drug-likeness (QED) is 0.290. The predicted octanol–water partition coefficient (Wildman–Crippen LogP) is 2.28. The third kappa shape index (κ3) is 7.12. The zero-order valence-electron chi connectivity index (χ0n) is 14.6. The number of aliphatic imine (C=N–C) groups is 1. The predicted molar refractivity (Wildman–Crippen MR) is 107 cm³/mol. The molecule has 1 unspecified atom stereocenters. The van der Waals surface area contributed by atoms with Crippen molar-refractivity contribution in [1.29, 1.82) is 0 Å². The Labute approximate surface area is 161 Å². The summed E-state index contributed by atoms with van der Waals surface area (Å²) in [6, 6.07) is 7.71. The number of guanidine groups is 1. The molecule has 0 radical (unpaired) electrons. The van der Waals surface area contributed by atoms with Crippen molar-refractivity contribution in [3.05, 3.63) is 24.3 Å². The third-order valence-corrected chi connectivity index (χ3v) is 3.28. The lowest BCUT2D eigenvalue weighted by atomic mass is 10.2. The summed E-state index contributed by atoms with van der Waals surface area (Å²) in [7, 11) is 1.75. The van der Waals surface area contributed by atoms with Crippen LogP contribution in [0.15, 0.2) is 29.3 Å². The Morgan fingerprint density at radius 3 is 2.75 bits per heavy atom. The van der Waals surface area contributed by atoms with E-state index in [4.69, 9.17) is 14.2 Å². The number of hydrogen-bond donors (Lipinski definition) is 2. The second kappa shape index (κ2) is 11.4. The maximum Gasteiger partial charge on any atom is 0.191 e. The van der Waals surface area contributed by atoms with Crippen LogP contribution in [0.2, 0.25) is 0 Å². The summed E-state index contributed by atoms with van der Waals surface area (Å²) >= 11 is 0. The van der Waals surface area contributed by atoms with Crippen molar-refractivity contribution in [3.63, 3.8) is 0 Å². The number of fused-ring (bicyclic) bond motifs is 1. The monoisotopic (exact) mass is 449 g/mol. The fourth-order valence-electron chi connectivity index (χ4n) is 2.16. The minimum Gasteiger partial charge on any atom is -0.486 e. The molecule has 6 nitrogen and oxygen atoms in total. The van der Waals surface area contributed by atoms with E-state index >= 15 is 0 Å². The van der Waals surface area contributed by atoms with E-state index in [1.54, 1.807) is 7.05 Å². The van der Waals surface area contributed by atoms with E-state index in [-0.39, 0.29) is 30.1 Å². The van der Waals surface area contributed by atoms with Crippen LogP contribution < -0.4 is 20.1 Å². The number of halogens is 1. The standard InChI is InChI=1S/C17H27N3O3.HI/c1-13(2)11-21-9-8-19-17(18-3)20-10-14-12-22-15-6-4-5-7-16(15)23-14;/h4-7,13-14H,8-12H2,1-3H3,(H2,18,19,20);1H. The topological polar surface area (TPSA) is 64.1 Å². The normalized spacial score (nSPS) is 16.5. The maximum absolute atomic E-state index is 5.90. The molecule has 0 saturated heterocycles. The highest BCUT2D eigenvalue weighted by Gasteiger charge is 2.20. The molecule has 1 aliphatic heterocycles. The Kier molecular flexibility index (Phi) is 9.85. The van der Waals surface area contributed by atoms with Gasteiger partial charge in [-0.15, -0.1) is 24.0 Å². The van der Waals surface area contributed by atoms with Crippen molar-refractivity contribution in [2.45, 2.75) is 20.0 Å². The van der Waals surface area contributed by atoms with Gasteiger partial charge < -0.3 is 24.8 Å². The Balaban J connectivity index is 0.00000288. The summed E-state index contributed by atoms with van der Waals surface area (Å²) in [5.74, 6) is 2.88. The average Bonchev–Trinajstić information content (AvgIpc) is 2.57. The lowest BCUT2D eigenvalue weighted by Gasteiger charge is -2.27. The molecule has 24 heavy (non-hydrogen) atoms. The molecule has 7 heteroatoms. The van der Waals surface area contributed by atoms with Gasteiger partial charge in [-0.2, -0.15) is 0 Å². The van der Waals surface area contributed by atoms with E-state index in [0.717, 1.165) is 30.6 Å². The molecular formula is C17H28IN3O3. The van der Waals surface area contributed by atoms with Gasteiger partial charge in [-0.3, -0.25) is 4.99 Å². The lowest BCUT2D eigenvalue weighted by molar-refractivity contribution is 0.0934. The number of para-hydroxylation sites is 2. The van der Waals surface area contributed by atoms with Crippen LogP contribution in [0.1, 0.15) is 13.8 Å². The average molecular weight is 449 g/mol. The van der Waals surface area contributed by atoms with Gasteiger partial charge in [-0.1, -0.05) is 26.0 Å². The molecule has 0 amide bonds. The van der Waals surface area contributed by atoms with E-state index in [2.05, 4.69) is 29.5 Å². The second-order valence-electron chi connectivity index (χ2n) is 5.85. The summed E-state index contributed by atoms with van der Waals surface area (Å²) < 4.78 is 17.1. The van der Waals surface area contributed by atoms with Crippen LogP contribution in [0, 0.1) is 5.92 Å². The first-order valence-electron chi connectivity index (χ1n) is 8.09. The van der Waals surface area contributed by atoms with Gasteiger partial charge in [0.15, 0.2) is 17.5 Å². The number of rotatable bonds is 7. The van der Waals surface area contributed by atoms with Crippen molar-refractivity contribution in [2.24, 2.45) is 10.9 Å². The molecule has 0 aromatic heterocycles. The van der Waals surface area contributed by atoms with Gasteiger partial charge in [-0.25, -0.2) is 0 Å². The first kappa shape index (κ1) is 20.8. The molecule has 0 fully saturated rings. The maximum atomic E-state index is 5.90. The molecule has 0 bridgehead atoms. The van der Waals surface area contributed by atoms with Crippen LogP contribution in [0.3, 0.4) is 0 Å². The fraction of sp³-hybridized carbons (Fsp3) is 0.588. The molecule has 1 atom stereocenters. The lowest BCUT2D eigenvalue weighted by Crippen LogP contribution is -2.46. The fourth-order valence-corrected chi connectivity index (χ4v) is 2.16. The van der Waals surface area contributed by atoms with Gasteiger partial charge in [0.2, 0.25) is 0 Å². The zero-order chi connectivity index (χ0) is 16.5. The smallest absolute Gasteiger partial charge is 0.191 e. The first-order chi connectivity index (χ1) is 11.2. The molecule has 0 saturated carbocycles. The van der Waals surface area contributed by atoms with Gasteiger partial charge in [-0.05, 0) is 18.1 Å². The van der Waals surface area contributed by atoms with Gasteiger partial charge >= 0.3 is 0 Å². The van der Waals surface area contributed by atoms with E-state index in [1.165, 1.54) is 0 Å². The van der Waals surface area contributed by atoms with Gasteiger partial charge in [0, 0.05) is 20.2 Å². The van der Waals surface area contributed by atoms with E-state index < -0.39 is 0 Å². The van der Waals surface area contributed by atoms with Crippen molar-refractivity contribution in [3.8, 4) is 11.5 Å². The van der Waals surface area contributed by atoms with Crippen molar-refractivity contribution in [1.82, 2.24) is 10.6 Å². The van der Waals surface area contributed by atoms with Gasteiger partial charge in [0.1, 0.15) is 12.7 Å². The molecule has 1 aliphatic rings. The molecule has 1 aromatic rings. The van der Waals surface area contributed by atoms with Gasteiger partial charge in [0.25, 0.3) is 0 Å². The highest BCUT2D eigenvalue weighted by atomic mass is 127. The van der Waals surface area contributed by atoms with E-state index in [9.17, 15) is 0 Å². The molecule has 0 aliphatic carbocycles. The van der Waals surface area contributed by atoms with E-state index in [0.29, 0.717) is 25.7 Å². The SMILES string of the molecule is CN=C(NCCOCC(C)C)NCC1COc2ccccc2O1.I. The van der Waals surface area contributed by atoms with Crippen LogP contribution in [-0.2, 0) is 4.74 Å². The number of benzene rings is 1. The van der Waals surface area contributed by atoms with Crippen LogP contribution >= 0.6 is 24.0 Å². The first-order valence-corrected chi connectivity index (χ1v) is 8.09. The zero-order valence-corrected chi connectivity index (χ0v) is 16.9. The Morgan fingerprint density at radius 2 is 2.04 bits per heavy atom. The van der Waals surface area contributed by atoms with Crippen LogP contribution in [0.4, 0.5) is 0 Å². The summed E-state index contributed by atoms with van der Waals surface area (Å²) in [6.45, 7) is 7.59. The van der Waals surface area contributed by atoms with Crippen LogP contribution in [-0.4, -0.2) is 52.0 Å². The Hall–Kier alpha value is -1.22. The molecule has 2 N–H and O–H groups in total. The van der Waals surface area contributed by atoms with Crippen molar-refractivity contribution in [2.75, 3.05) is 40.0 Å². The number of hydrogen-bond acceptors (Lipinski definition) is 4. The summed E-state index contributed by atoms with van der Waals surface area (Å²) in [4.78, 5) is 4.19. The number of ether oxygens (including phenoxy) is 3. The molecule has 136 valence electrons. The van der Waals surface area contributed by atoms with Crippen molar-refractivity contribution < 1.29 is 14.2 Å². The number of nitrogens with zero attached hydrogens (tertiary/aromatic N) is 1. The minimum atomic E-state index is -0.0411. The Bertz CT molecular complexity index is 512.